The zero-order valence-corrected chi connectivity index (χ0v) is 12.3. The summed E-state index contributed by atoms with van der Waals surface area (Å²) in [5.74, 6) is 0.559. The summed E-state index contributed by atoms with van der Waals surface area (Å²) >= 11 is 0. The monoisotopic (exact) mass is 281 g/mol. The van der Waals surface area contributed by atoms with Crippen LogP contribution in [-0.2, 0) is 9.84 Å². The lowest BCUT2D eigenvalue weighted by molar-refractivity contribution is 0.0727. The van der Waals surface area contributed by atoms with E-state index in [0.717, 1.165) is 6.26 Å². The molecule has 1 saturated carbocycles. The van der Waals surface area contributed by atoms with E-state index in [0.29, 0.717) is 11.5 Å². The maximum Gasteiger partial charge on any atom is 0.253 e. The molecule has 0 heterocycles. The third-order valence-corrected chi connectivity index (χ3v) is 4.89. The van der Waals surface area contributed by atoms with Gasteiger partial charge in [0.15, 0.2) is 9.84 Å². The van der Waals surface area contributed by atoms with Gasteiger partial charge in [0.2, 0.25) is 0 Å². The molecule has 1 aliphatic rings. The van der Waals surface area contributed by atoms with Gasteiger partial charge in [-0.15, -0.1) is 0 Å². The van der Waals surface area contributed by atoms with Gasteiger partial charge in [-0.1, -0.05) is 0 Å². The molecule has 1 aromatic rings. The number of rotatable bonds is 4. The number of carbonyl (C=O) groups excluding carboxylic acids is 1. The Balaban J connectivity index is 2.15. The second-order valence-electron chi connectivity index (χ2n) is 5.29. The summed E-state index contributed by atoms with van der Waals surface area (Å²) in [5, 5.41) is 0. The molecule has 0 aliphatic heterocycles. The predicted octanol–water partition coefficient (Wildman–Crippen LogP) is 1.96. The van der Waals surface area contributed by atoms with Gasteiger partial charge in [0, 0.05) is 24.9 Å². The highest BCUT2D eigenvalue weighted by Gasteiger charge is 2.32. The molecule has 19 heavy (non-hydrogen) atoms. The normalized spacial score (nSPS) is 17.0. The Labute approximate surface area is 114 Å². The molecule has 0 bridgehead atoms. The summed E-state index contributed by atoms with van der Waals surface area (Å²) in [4.78, 5) is 14.2. The number of sulfone groups is 1. The van der Waals surface area contributed by atoms with Crippen molar-refractivity contribution < 1.29 is 13.2 Å². The molecule has 1 aliphatic carbocycles. The number of hydrogen-bond acceptors (Lipinski definition) is 3. The Hall–Kier alpha value is -1.36. The number of hydrogen-bond donors (Lipinski definition) is 0. The second kappa shape index (κ2) is 4.96. The largest absolute Gasteiger partial charge is 0.339 e. The predicted molar refractivity (Wildman–Crippen MR) is 73.8 cm³/mol. The first-order valence-corrected chi connectivity index (χ1v) is 8.27. The molecule has 1 unspecified atom stereocenters. The molecule has 5 heteroatoms. The van der Waals surface area contributed by atoms with Gasteiger partial charge >= 0.3 is 0 Å². The third-order valence-electron chi connectivity index (χ3n) is 3.76. The minimum atomic E-state index is -3.21. The third kappa shape index (κ3) is 3.15. The van der Waals surface area contributed by atoms with E-state index in [4.69, 9.17) is 0 Å². The average Bonchev–Trinajstić information content (AvgIpc) is 3.19. The zero-order chi connectivity index (χ0) is 14.2. The summed E-state index contributed by atoms with van der Waals surface area (Å²) in [6.45, 7) is 2.06. The van der Waals surface area contributed by atoms with Crippen molar-refractivity contribution in [2.75, 3.05) is 13.3 Å². The van der Waals surface area contributed by atoms with Gasteiger partial charge in [-0.25, -0.2) is 8.42 Å². The molecule has 2 rings (SSSR count). The van der Waals surface area contributed by atoms with Gasteiger partial charge < -0.3 is 4.90 Å². The number of benzene rings is 1. The molecule has 1 fully saturated rings. The van der Waals surface area contributed by atoms with Gasteiger partial charge in [-0.3, -0.25) is 4.79 Å². The Kier molecular flexibility index (Phi) is 3.67. The smallest absolute Gasteiger partial charge is 0.253 e. The fourth-order valence-electron chi connectivity index (χ4n) is 2.13. The van der Waals surface area contributed by atoms with Crippen LogP contribution in [0.3, 0.4) is 0 Å². The van der Waals surface area contributed by atoms with Crippen molar-refractivity contribution in [3.05, 3.63) is 29.8 Å². The highest BCUT2D eigenvalue weighted by molar-refractivity contribution is 7.90. The molecular weight excluding hydrogens is 262 g/mol. The minimum absolute atomic E-state index is 0.0561. The van der Waals surface area contributed by atoms with Crippen LogP contribution < -0.4 is 0 Å². The summed E-state index contributed by atoms with van der Waals surface area (Å²) in [6, 6.07) is 6.36. The van der Waals surface area contributed by atoms with E-state index in [9.17, 15) is 13.2 Å². The molecule has 0 saturated heterocycles. The van der Waals surface area contributed by atoms with Crippen LogP contribution in [0.25, 0.3) is 0 Å². The van der Waals surface area contributed by atoms with Crippen molar-refractivity contribution in [1.82, 2.24) is 4.90 Å². The van der Waals surface area contributed by atoms with Crippen LogP contribution in [0.4, 0.5) is 0 Å². The molecule has 1 amide bonds. The van der Waals surface area contributed by atoms with E-state index in [1.165, 1.54) is 25.0 Å². The highest BCUT2D eigenvalue weighted by Crippen LogP contribution is 2.35. The van der Waals surface area contributed by atoms with E-state index >= 15 is 0 Å². The van der Waals surface area contributed by atoms with E-state index in [1.54, 1.807) is 24.1 Å². The van der Waals surface area contributed by atoms with Crippen LogP contribution in [0.2, 0.25) is 0 Å². The van der Waals surface area contributed by atoms with Crippen LogP contribution in [0, 0.1) is 5.92 Å². The topological polar surface area (TPSA) is 54.5 Å². The molecular formula is C14H19NO3S. The minimum Gasteiger partial charge on any atom is -0.339 e. The second-order valence-corrected chi connectivity index (χ2v) is 7.31. The summed E-state index contributed by atoms with van der Waals surface area (Å²) in [7, 11) is -1.41. The van der Waals surface area contributed by atoms with Crippen molar-refractivity contribution in [2.45, 2.75) is 30.7 Å². The first kappa shape index (κ1) is 14.1. The summed E-state index contributed by atoms with van der Waals surface area (Å²) in [5.41, 5.74) is 0.530. The quantitative estimate of drug-likeness (QED) is 0.847. The van der Waals surface area contributed by atoms with Crippen LogP contribution >= 0.6 is 0 Å². The molecule has 1 aromatic carbocycles. The number of carbonyl (C=O) groups is 1. The fraction of sp³-hybridized carbons (Fsp3) is 0.500. The number of amides is 1. The maximum absolute atomic E-state index is 12.3. The number of nitrogens with zero attached hydrogens (tertiary/aromatic N) is 1. The molecule has 0 aromatic heterocycles. The Morgan fingerprint density at radius 2 is 1.79 bits per heavy atom. The zero-order valence-electron chi connectivity index (χ0n) is 11.5. The van der Waals surface area contributed by atoms with Gasteiger partial charge in [-0.2, -0.15) is 0 Å². The van der Waals surface area contributed by atoms with Gasteiger partial charge in [0.1, 0.15) is 0 Å². The van der Waals surface area contributed by atoms with E-state index in [1.807, 2.05) is 0 Å². The van der Waals surface area contributed by atoms with Crippen molar-refractivity contribution in [3.8, 4) is 0 Å². The molecule has 104 valence electrons. The van der Waals surface area contributed by atoms with E-state index < -0.39 is 9.84 Å². The van der Waals surface area contributed by atoms with Crippen molar-refractivity contribution in [1.29, 1.82) is 0 Å². The molecule has 0 N–H and O–H groups in total. The lowest BCUT2D eigenvalue weighted by atomic mass is 10.1. The highest BCUT2D eigenvalue weighted by atomic mass is 32.2. The van der Waals surface area contributed by atoms with Gasteiger partial charge in [0.05, 0.1) is 4.90 Å². The Morgan fingerprint density at radius 3 is 2.21 bits per heavy atom. The first-order chi connectivity index (χ1) is 8.80. The lowest BCUT2D eigenvalue weighted by Crippen LogP contribution is -2.36. The van der Waals surface area contributed by atoms with Crippen molar-refractivity contribution in [3.63, 3.8) is 0 Å². The Morgan fingerprint density at radius 1 is 1.26 bits per heavy atom. The standard InChI is InChI=1S/C14H19NO3S/c1-10(11-4-5-11)15(2)14(16)12-6-8-13(9-7-12)19(3,17)18/h6-11H,4-5H2,1-3H3. The van der Waals surface area contributed by atoms with Crippen molar-refractivity contribution >= 4 is 15.7 Å². The van der Waals surface area contributed by atoms with Crippen LogP contribution in [0.15, 0.2) is 29.2 Å². The molecule has 0 spiro atoms. The molecule has 1 atom stereocenters. The van der Waals surface area contributed by atoms with Crippen molar-refractivity contribution in [2.24, 2.45) is 5.92 Å². The Bertz CT molecular complexity index is 573. The van der Waals surface area contributed by atoms with E-state index in [-0.39, 0.29) is 16.8 Å². The van der Waals surface area contributed by atoms with Gasteiger partial charge in [0.25, 0.3) is 5.91 Å². The van der Waals surface area contributed by atoms with E-state index in [2.05, 4.69) is 6.92 Å². The first-order valence-electron chi connectivity index (χ1n) is 6.38. The van der Waals surface area contributed by atoms with Crippen LogP contribution in [-0.4, -0.2) is 38.6 Å². The molecule has 0 radical (unpaired) electrons. The molecule has 4 nitrogen and oxygen atoms in total. The SMILES string of the molecule is CC(C1CC1)N(C)C(=O)c1ccc(S(C)(=O)=O)cc1. The lowest BCUT2D eigenvalue weighted by Gasteiger charge is -2.25. The van der Waals surface area contributed by atoms with Crippen LogP contribution in [0.1, 0.15) is 30.1 Å². The maximum atomic E-state index is 12.3. The van der Waals surface area contributed by atoms with Crippen LogP contribution in [0.5, 0.6) is 0 Å². The summed E-state index contributed by atoms with van der Waals surface area (Å²) in [6.07, 6.45) is 3.53. The average molecular weight is 281 g/mol. The fourth-order valence-corrected chi connectivity index (χ4v) is 2.76. The summed E-state index contributed by atoms with van der Waals surface area (Å²) < 4.78 is 22.7. The van der Waals surface area contributed by atoms with Gasteiger partial charge in [-0.05, 0) is 49.9 Å².